The molecule has 0 heterocycles. The van der Waals surface area contributed by atoms with Crippen molar-refractivity contribution in [2.24, 2.45) is 5.73 Å². The van der Waals surface area contributed by atoms with Crippen LogP contribution in [0.1, 0.15) is 23.6 Å². The first kappa shape index (κ1) is 13.4. The number of nitrogens with one attached hydrogen (secondary N) is 1. The fourth-order valence-corrected chi connectivity index (χ4v) is 1.92. The number of rotatable bonds is 6. The lowest BCUT2D eigenvalue weighted by Gasteiger charge is -2.17. The number of halogens is 1. The van der Waals surface area contributed by atoms with Gasteiger partial charge in [-0.25, -0.2) is 0 Å². The van der Waals surface area contributed by atoms with Crippen molar-refractivity contribution < 1.29 is 0 Å². The number of benzene rings is 1. The van der Waals surface area contributed by atoms with Crippen LogP contribution in [0, 0.1) is 6.92 Å². The third-order valence-corrected chi connectivity index (χ3v) is 3.43. The lowest BCUT2D eigenvalue weighted by Crippen LogP contribution is -2.28. The maximum atomic E-state index is 5.77. The standard InChI is InChI=1S/C13H19BrN2/c1-3-4-7-16-13(9-15)11-6-5-10(2)12(14)8-11/h3,5-6,8,13,16H,1,4,7,9,15H2,2H3. The molecule has 0 spiro atoms. The molecule has 0 aliphatic rings. The minimum Gasteiger partial charge on any atom is -0.329 e. The van der Waals surface area contributed by atoms with Crippen molar-refractivity contribution in [1.82, 2.24) is 5.32 Å². The molecule has 0 fully saturated rings. The molecule has 1 atom stereocenters. The Morgan fingerprint density at radius 3 is 2.88 bits per heavy atom. The second-order valence-electron chi connectivity index (χ2n) is 3.83. The lowest BCUT2D eigenvalue weighted by molar-refractivity contribution is 0.548. The molecule has 1 aromatic carbocycles. The van der Waals surface area contributed by atoms with Gasteiger partial charge in [0, 0.05) is 17.1 Å². The van der Waals surface area contributed by atoms with Gasteiger partial charge < -0.3 is 11.1 Å². The molecule has 0 aliphatic heterocycles. The maximum Gasteiger partial charge on any atom is 0.0445 e. The Labute approximate surface area is 106 Å². The van der Waals surface area contributed by atoms with Gasteiger partial charge in [0.15, 0.2) is 0 Å². The van der Waals surface area contributed by atoms with Crippen LogP contribution in [-0.2, 0) is 0 Å². The van der Waals surface area contributed by atoms with E-state index in [0.29, 0.717) is 6.54 Å². The molecule has 3 heteroatoms. The van der Waals surface area contributed by atoms with Gasteiger partial charge in [0.25, 0.3) is 0 Å². The lowest BCUT2D eigenvalue weighted by atomic mass is 10.1. The summed E-state index contributed by atoms with van der Waals surface area (Å²) in [5.74, 6) is 0. The highest BCUT2D eigenvalue weighted by Gasteiger charge is 2.09. The van der Waals surface area contributed by atoms with Crippen molar-refractivity contribution in [3.8, 4) is 0 Å². The normalized spacial score (nSPS) is 12.4. The molecule has 0 saturated carbocycles. The molecule has 1 aromatic rings. The van der Waals surface area contributed by atoms with Crippen molar-refractivity contribution in [2.45, 2.75) is 19.4 Å². The first-order chi connectivity index (χ1) is 7.69. The predicted octanol–water partition coefficient (Wildman–Crippen LogP) is 2.92. The highest BCUT2D eigenvalue weighted by Crippen LogP contribution is 2.21. The second-order valence-corrected chi connectivity index (χ2v) is 4.68. The van der Waals surface area contributed by atoms with E-state index in [1.54, 1.807) is 0 Å². The Balaban J connectivity index is 2.70. The van der Waals surface area contributed by atoms with Crippen LogP contribution in [0.4, 0.5) is 0 Å². The van der Waals surface area contributed by atoms with E-state index in [9.17, 15) is 0 Å². The first-order valence-corrected chi connectivity index (χ1v) is 6.28. The van der Waals surface area contributed by atoms with E-state index in [2.05, 4.69) is 52.9 Å². The predicted molar refractivity (Wildman–Crippen MR) is 73.5 cm³/mol. The van der Waals surface area contributed by atoms with Crippen molar-refractivity contribution in [2.75, 3.05) is 13.1 Å². The summed E-state index contributed by atoms with van der Waals surface area (Å²) in [5.41, 5.74) is 8.24. The van der Waals surface area contributed by atoms with E-state index in [4.69, 9.17) is 5.73 Å². The zero-order valence-corrected chi connectivity index (χ0v) is 11.3. The summed E-state index contributed by atoms with van der Waals surface area (Å²) in [6.07, 6.45) is 2.87. The van der Waals surface area contributed by atoms with Crippen molar-refractivity contribution in [1.29, 1.82) is 0 Å². The summed E-state index contributed by atoms with van der Waals surface area (Å²) >= 11 is 3.54. The molecular formula is C13H19BrN2. The molecular weight excluding hydrogens is 264 g/mol. The van der Waals surface area contributed by atoms with E-state index >= 15 is 0 Å². The number of hydrogen-bond donors (Lipinski definition) is 2. The summed E-state index contributed by atoms with van der Waals surface area (Å²) in [4.78, 5) is 0. The monoisotopic (exact) mass is 282 g/mol. The Morgan fingerprint density at radius 1 is 1.56 bits per heavy atom. The van der Waals surface area contributed by atoms with Crippen LogP contribution in [-0.4, -0.2) is 13.1 Å². The van der Waals surface area contributed by atoms with Gasteiger partial charge in [0.05, 0.1) is 0 Å². The Bertz CT molecular complexity index is 350. The Hall–Kier alpha value is -0.640. The third-order valence-electron chi connectivity index (χ3n) is 2.57. The average Bonchev–Trinajstić information content (AvgIpc) is 2.29. The molecule has 88 valence electrons. The number of nitrogens with two attached hydrogens (primary N) is 1. The van der Waals surface area contributed by atoms with Crippen molar-refractivity contribution in [3.05, 3.63) is 46.5 Å². The fraction of sp³-hybridized carbons (Fsp3) is 0.385. The van der Waals surface area contributed by atoms with Crippen molar-refractivity contribution in [3.63, 3.8) is 0 Å². The smallest absolute Gasteiger partial charge is 0.0445 e. The van der Waals surface area contributed by atoms with E-state index in [1.165, 1.54) is 11.1 Å². The molecule has 1 unspecified atom stereocenters. The van der Waals surface area contributed by atoms with Gasteiger partial charge in [-0.3, -0.25) is 0 Å². The molecule has 0 bridgehead atoms. The fourth-order valence-electron chi connectivity index (χ4n) is 1.52. The van der Waals surface area contributed by atoms with Crippen LogP contribution < -0.4 is 11.1 Å². The van der Waals surface area contributed by atoms with Crippen LogP contribution in [0.3, 0.4) is 0 Å². The molecule has 1 rings (SSSR count). The van der Waals surface area contributed by atoms with Gasteiger partial charge in [-0.15, -0.1) is 6.58 Å². The number of hydrogen-bond acceptors (Lipinski definition) is 2. The zero-order chi connectivity index (χ0) is 12.0. The van der Waals surface area contributed by atoms with Gasteiger partial charge >= 0.3 is 0 Å². The largest absolute Gasteiger partial charge is 0.329 e. The average molecular weight is 283 g/mol. The molecule has 16 heavy (non-hydrogen) atoms. The van der Waals surface area contributed by atoms with Gasteiger partial charge in [-0.05, 0) is 37.1 Å². The molecule has 0 aromatic heterocycles. The van der Waals surface area contributed by atoms with Crippen LogP contribution in [0.2, 0.25) is 0 Å². The number of aryl methyl sites for hydroxylation is 1. The van der Waals surface area contributed by atoms with Crippen LogP contribution >= 0.6 is 15.9 Å². The second kappa shape index (κ2) is 6.84. The highest BCUT2D eigenvalue weighted by atomic mass is 79.9. The Kier molecular flexibility index (Phi) is 5.74. The minimum atomic E-state index is 0.219. The van der Waals surface area contributed by atoms with E-state index in [-0.39, 0.29) is 6.04 Å². The van der Waals surface area contributed by atoms with Gasteiger partial charge in [0.1, 0.15) is 0 Å². The van der Waals surface area contributed by atoms with E-state index < -0.39 is 0 Å². The molecule has 0 amide bonds. The summed E-state index contributed by atoms with van der Waals surface area (Å²) in [6, 6.07) is 6.58. The van der Waals surface area contributed by atoms with Gasteiger partial charge in [-0.2, -0.15) is 0 Å². The van der Waals surface area contributed by atoms with Gasteiger partial charge in [-0.1, -0.05) is 34.1 Å². The molecule has 2 nitrogen and oxygen atoms in total. The topological polar surface area (TPSA) is 38.0 Å². The highest BCUT2D eigenvalue weighted by molar-refractivity contribution is 9.10. The molecule has 3 N–H and O–H groups in total. The SMILES string of the molecule is C=CCCNC(CN)c1ccc(C)c(Br)c1. The van der Waals surface area contributed by atoms with Crippen LogP contribution in [0.15, 0.2) is 35.3 Å². The quantitative estimate of drug-likeness (QED) is 0.622. The van der Waals surface area contributed by atoms with Gasteiger partial charge in [0.2, 0.25) is 0 Å². The minimum absolute atomic E-state index is 0.219. The van der Waals surface area contributed by atoms with E-state index in [1.807, 2.05) is 6.08 Å². The summed E-state index contributed by atoms with van der Waals surface area (Å²) in [5, 5.41) is 3.42. The zero-order valence-electron chi connectivity index (χ0n) is 9.67. The maximum absolute atomic E-state index is 5.77. The Morgan fingerprint density at radius 2 is 2.31 bits per heavy atom. The first-order valence-electron chi connectivity index (χ1n) is 5.49. The summed E-state index contributed by atoms with van der Waals surface area (Å²) < 4.78 is 1.13. The van der Waals surface area contributed by atoms with Crippen LogP contribution in [0.5, 0.6) is 0 Å². The summed E-state index contributed by atoms with van der Waals surface area (Å²) in [7, 11) is 0. The molecule has 0 radical (unpaired) electrons. The van der Waals surface area contributed by atoms with E-state index in [0.717, 1.165) is 17.4 Å². The third kappa shape index (κ3) is 3.74. The van der Waals surface area contributed by atoms with Crippen LogP contribution in [0.25, 0.3) is 0 Å². The summed E-state index contributed by atoms with van der Waals surface area (Å²) in [6.45, 7) is 7.30. The molecule has 0 saturated heterocycles. The molecule has 0 aliphatic carbocycles. The van der Waals surface area contributed by atoms with Crippen molar-refractivity contribution >= 4 is 15.9 Å².